The molecule has 0 aliphatic carbocycles. The first-order chi connectivity index (χ1) is 6.13. The fourth-order valence-corrected chi connectivity index (χ4v) is 0.534. The number of rotatable bonds is 0. The van der Waals surface area contributed by atoms with Gasteiger partial charge in [-0.25, -0.2) is 0 Å². The van der Waals surface area contributed by atoms with Crippen LogP contribution in [0.25, 0.3) is 0 Å². The lowest BCUT2D eigenvalue weighted by Gasteiger charge is -1.82. The minimum atomic E-state index is -0.750. The number of aliphatic hydroxyl groups excluding tert-OH is 1. The standard InChI is InChI=1S/C7H8.CHCl3.CH4O/c1-7-5-3-2-4-6-7;2-1(3)4;1-2/h2-6H,1H3;1H;2H,1H3. The lowest BCUT2D eigenvalue weighted by molar-refractivity contribution is 0.399. The largest absolute Gasteiger partial charge is 0.400 e. The highest BCUT2D eigenvalue weighted by atomic mass is 35.6. The molecule has 0 radical (unpaired) electrons. The molecule has 0 spiro atoms. The predicted molar refractivity (Wildman–Crippen MR) is 60.7 cm³/mol. The van der Waals surface area contributed by atoms with Crippen molar-refractivity contribution in [2.45, 2.75) is 11.2 Å². The molecule has 1 aromatic carbocycles. The van der Waals surface area contributed by atoms with Gasteiger partial charge in [-0.15, -0.1) is 0 Å². The molecule has 0 aliphatic rings. The molecule has 0 aliphatic heterocycles. The monoisotopic (exact) mass is 242 g/mol. The second-order valence-corrected chi connectivity index (χ2v) is 3.88. The summed E-state index contributed by atoms with van der Waals surface area (Å²) < 4.78 is -0.750. The molecule has 0 fully saturated rings. The Bertz CT molecular complexity index is 175. The van der Waals surface area contributed by atoms with Gasteiger partial charge in [-0.05, 0) is 6.92 Å². The minimum Gasteiger partial charge on any atom is -0.400 e. The van der Waals surface area contributed by atoms with Crippen molar-refractivity contribution in [2.75, 3.05) is 7.11 Å². The molecule has 1 rings (SSSR count). The number of benzene rings is 1. The molecule has 0 atom stereocenters. The average Bonchev–Trinajstić information content (AvgIpc) is 2.08. The molecular formula is C9H13Cl3O. The van der Waals surface area contributed by atoms with Gasteiger partial charge in [-0.1, -0.05) is 70.7 Å². The molecule has 0 bridgehead atoms. The van der Waals surface area contributed by atoms with Gasteiger partial charge in [0.25, 0.3) is 0 Å². The van der Waals surface area contributed by atoms with Crippen LogP contribution in [0.4, 0.5) is 0 Å². The van der Waals surface area contributed by atoms with Crippen LogP contribution in [0.2, 0.25) is 0 Å². The highest BCUT2D eigenvalue weighted by Gasteiger charge is 1.78. The van der Waals surface area contributed by atoms with Gasteiger partial charge in [0.2, 0.25) is 0 Å². The molecule has 1 nitrogen and oxygen atoms in total. The van der Waals surface area contributed by atoms with Crippen LogP contribution in [0.5, 0.6) is 0 Å². The van der Waals surface area contributed by atoms with E-state index in [1.165, 1.54) is 5.56 Å². The third-order valence-electron chi connectivity index (χ3n) is 0.940. The van der Waals surface area contributed by atoms with Crippen LogP contribution in [0.1, 0.15) is 5.56 Å². The maximum absolute atomic E-state index is 7.00. The fraction of sp³-hybridized carbons (Fsp3) is 0.333. The zero-order valence-corrected chi connectivity index (χ0v) is 9.81. The van der Waals surface area contributed by atoms with Crippen molar-refractivity contribution in [3.05, 3.63) is 35.9 Å². The number of hydrogen-bond donors (Lipinski definition) is 1. The quantitative estimate of drug-likeness (QED) is 0.691. The lowest BCUT2D eigenvalue weighted by atomic mass is 10.2. The van der Waals surface area contributed by atoms with Gasteiger partial charge in [0.1, 0.15) is 0 Å². The number of alkyl halides is 3. The van der Waals surface area contributed by atoms with E-state index in [1.54, 1.807) is 0 Å². The predicted octanol–water partition coefficient (Wildman–Crippen LogP) is 3.59. The van der Waals surface area contributed by atoms with Gasteiger partial charge >= 0.3 is 0 Å². The normalized spacial score (nSPS) is 7.92. The van der Waals surface area contributed by atoms with Crippen LogP contribution in [-0.4, -0.2) is 16.5 Å². The van der Waals surface area contributed by atoms with Crippen molar-refractivity contribution in [3.63, 3.8) is 0 Å². The van der Waals surface area contributed by atoms with Crippen molar-refractivity contribution < 1.29 is 5.11 Å². The SMILES string of the molecule is CO.Cc1ccccc1.ClC(Cl)Cl. The smallest absolute Gasteiger partial charge is 0.180 e. The van der Waals surface area contributed by atoms with Crippen LogP contribution in [-0.2, 0) is 0 Å². The van der Waals surface area contributed by atoms with E-state index in [9.17, 15) is 0 Å². The summed E-state index contributed by atoms with van der Waals surface area (Å²) in [5.74, 6) is 0. The minimum absolute atomic E-state index is 0.750. The Morgan fingerprint density at radius 2 is 1.31 bits per heavy atom. The Balaban J connectivity index is 0. The van der Waals surface area contributed by atoms with Crippen LogP contribution < -0.4 is 0 Å². The van der Waals surface area contributed by atoms with E-state index in [0.717, 1.165) is 7.11 Å². The van der Waals surface area contributed by atoms with Gasteiger partial charge in [0, 0.05) is 7.11 Å². The first-order valence-electron chi connectivity index (χ1n) is 3.51. The average molecular weight is 244 g/mol. The van der Waals surface area contributed by atoms with Gasteiger partial charge in [0.15, 0.2) is 4.30 Å². The van der Waals surface area contributed by atoms with Gasteiger partial charge in [-0.2, -0.15) is 0 Å². The third-order valence-corrected chi connectivity index (χ3v) is 0.940. The second kappa shape index (κ2) is 12.0. The zero-order chi connectivity index (χ0) is 10.7. The maximum atomic E-state index is 7.00. The topological polar surface area (TPSA) is 20.2 Å². The second-order valence-electron chi connectivity index (χ2n) is 1.90. The molecule has 1 aromatic rings. The van der Waals surface area contributed by atoms with E-state index in [2.05, 4.69) is 19.1 Å². The van der Waals surface area contributed by atoms with Gasteiger partial charge < -0.3 is 5.11 Å². The van der Waals surface area contributed by atoms with E-state index in [4.69, 9.17) is 39.9 Å². The molecule has 0 amide bonds. The Kier molecular flexibility index (Phi) is 14.4. The molecule has 0 heterocycles. The van der Waals surface area contributed by atoms with Gasteiger partial charge in [0.05, 0.1) is 0 Å². The van der Waals surface area contributed by atoms with Crippen molar-refractivity contribution in [1.82, 2.24) is 0 Å². The first-order valence-corrected chi connectivity index (χ1v) is 4.82. The zero-order valence-electron chi connectivity index (χ0n) is 7.55. The summed E-state index contributed by atoms with van der Waals surface area (Å²) in [6, 6.07) is 10.3. The van der Waals surface area contributed by atoms with Crippen molar-refractivity contribution in [1.29, 1.82) is 0 Å². The number of halogens is 3. The Hall–Kier alpha value is 0.0500. The van der Waals surface area contributed by atoms with E-state index < -0.39 is 4.30 Å². The van der Waals surface area contributed by atoms with Crippen LogP contribution in [0, 0.1) is 6.92 Å². The van der Waals surface area contributed by atoms with Crippen molar-refractivity contribution in [2.24, 2.45) is 0 Å². The molecule has 0 unspecified atom stereocenters. The number of hydrogen-bond acceptors (Lipinski definition) is 1. The van der Waals surface area contributed by atoms with Gasteiger partial charge in [-0.3, -0.25) is 0 Å². The summed E-state index contributed by atoms with van der Waals surface area (Å²) >= 11 is 14.4. The molecule has 13 heavy (non-hydrogen) atoms. The highest BCUT2D eigenvalue weighted by Crippen LogP contribution is 2.03. The van der Waals surface area contributed by atoms with E-state index in [1.807, 2.05) is 18.2 Å². The van der Waals surface area contributed by atoms with Crippen LogP contribution in [0.3, 0.4) is 0 Å². The molecule has 4 heteroatoms. The fourth-order valence-electron chi connectivity index (χ4n) is 0.534. The summed E-state index contributed by atoms with van der Waals surface area (Å²) in [5.41, 5.74) is 1.32. The first kappa shape index (κ1) is 15.5. The van der Waals surface area contributed by atoms with Crippen LogP contribution in [0.15, 0.2) is 30.3 Å². The molecular weight excluding hydrogens is 230 g/mol. The van der Waals surface area contributed by atoms with Crippen LogP contribution >= 0.6 is 34.8 Å². The third kappa shape index (κ3) is 18.8. The Labute approximate surface area is 94.2 Å². The summed E-state index contributed by atoms with van der Waals surface area (Å²) in [6.45, 7) is 2.08. The molecule has 0 saturated heterocycles. The summed E-state index contributed by atoms with van der Waals surface area (Å²) in [7, 11) is 1.00. The number of aryl methyl sites for hydroxylation is 1. The molecule has 0 saturated carbocycles. The number of aliphatic hydroxyl groups is 1. The van der Waals surface area contributed by atoms with E-state index in [-0.39, 0.29) is 0 Å². The Morgan fingerprint density at radius 1 is 1.00 bits per heavy atom. The highest BCUT2D eigenvalue weighted by molar-refractivity contribution is 6.63. The van der Waals surface area contributed by atoms with Crippen molar-refractivity contribution >= 4 is 34.8 Å². The lowest BCUT2D eigenvalue weighted by Crippen LogP contribution is -1.62. The molecule has 0 aromatic heterocycles. The Morgan fingerprint density at radius 3 is 1.46 bits per heavy atom. The van der Waals surface area contributed by atoms with E-state index in [0.29, 0.717) is 0 Å². The van der Waals surface area contributed by atoms with E-state index >= 15 is 0 Å². The molecule has 76 valence electrons. The summed E-state index contributed by atoms with van der Waals surface area (Å²) in [6.07, 6.45) is 0. The summed E-state index contributed by atoms with van der Waals surface area (Å²) in [5, 5.41) is 7.00. The molecule has 1 N–H and O–H groups in total. The maximum Gasteiger partial charge on any atom is 0.180 e. The van der Waals surface area contributed by atoms with Crippen molar-refractivity contribution in [3.8, 4) is 0 Å². The summed E-state index contributed by atoms with van der Waals surface area (Å²) in [4.78, 5) is 0.